The number of rotatable bonds is 4. The molecule has 0 aliphatic heterocycles. The van der Waals surface area contributed by atoms with Crippen LogP contribution in [0.1, 0.15) is 40.0 Å². The summed E-state index contributed by atoms with van der Waals surface area (Å²) in [5.41, 5.74) is 6.62. The van der Waals surface area contributed by atoms with Crippen molar-refractivity contribution in [2.45, 2.75) is 57.3 Å². The van der Waals surface area contributed by atoms with Crippen LogP contribution in [0.5, 0.6) is 0 Å². The van der Waals surface area contributed by atoms with Gasteiger partial charge in [0.1, 0.15) is 5.54 Å². The molecule has 0 spiro atoms. The van der Waals surface area contributed by atoms with Crippen molar-refractivity contribution >= 4 is 18.1 Å². The standard InChI is InChI=1S/C12H19N3O4/c1-11(2,3)19-9-5-4-6-12(9,15-10(17)18)8(16)7-14-13/h7,9,15H,4-6H2,1-3H3,(H,17,18)/t9-,12+/m1/s1. The van der Waals surface area contributed by atoms with E-state index >= 15 is 0 Å². The Hall–Kier alpha value is -1.72. The van der Waals surface area contributed by atoms with Crippen LogP contribution in [-0.2, 0) is 9.53 Å². The Morgan fingerprint density at radius 3 is 2.63 bits per heavy atom. The molecule has 19 heavy (non-hydrogen) atoms. The van der Waals surface area contributed by atoms with Crippen LogP contribution in [0.2, 0.25) is 0 Å². The van der Waals surface area contributed by atoms with Gasteiger partial charge in [-0.2, -0.15) is 4.79 Å². The van der Waals surface area contributed by atoms with Crippen molar-refractivity contribution in [1.82, 2.24) is 5.32 Å². The maximum Gasteiger partial charge on any atom is 0.405 e. The van der Waals surface area contributed by atoms with Gasteiger partial charge in [-0.05, 0) is 40.0 Å². The van der Waals surface area contributed by atoms with Crippen LogP contribution in [-0.4, -0.2) is 45.2 Å². The SMILES string of the molecule is CC(C)(C)O[C@@H]1CCC[C@]1(NC(=O)O)C(=O)C=[N+]=[N-]. The number of carboxylic acid groups (broad SMARTS) is 1. The van der Waals surface area contributed by atoms with Gasteiger partial charge < -0.3 is 20.7 Å². The summed E-state index contributed by atoms with van der Waals surface area (Å²) in [5, 5.41) is 11.2. The minimum absolute atomic E-state index is 0.324. The van der Waals surface area contributed by atoms with Gasteiger partial charge in [0.05, 0.1) is 11.7 Å². The normalized spacial score (nSPS) is 26.6. The highest BCUT2D eigenvalue weighted by atomic mass is 16.5. The van der Waals surface area contributed by atoms with E-state index < -0.39 is 29.1 Å². The van der Waals surface area contributed by atoms with Gasteiger partial charge in [-0.1, -0.05) is 0 Å². The van der Waals surface area contributed by atoms with Crippen LogP contribution in [0.3, 0.4) is 0 Å². The Balaban J connectivity index is 3.10. The lowest BCUT2D eigenvalue weighted by Gasteiger charge is -2.35. The highest BCUT2D eigenvalue weighted by Gasteiger charge is 2.52. The number of ketones is 1. The van der Waals surface area contributed by atoms with Gasteiger partial charge in [0, 0.05) is 0 Å². The largest absolute Gasteiger partial charge is 0.465 e. The molecule has 7 nitrogen and oxygen atoms in total. The first kappa shape index (κ1) is 15.3. The van der Waals surface area contributed by atoms with Gasteiger partial charge in [0.2, 0.25) is 0 Å². The molecule has 1 fully saturated rings. The van der Waals surface area contributed by atoms with Crippen LogP contribution in [0.15, 0.2) is 0 Å². The second-order valence-corrected chi connectivity index (χ2v) is 5.62. The van der Waals surface area contributed by atoms with Crippen molar-refractivity contribution in [3.63, 3.8) is 0 Å². The quantitative estimate of drug-likeness (QED) is 0.454. The summed E-state index contributed by atoms with van der Waals surface area (Å²) in [5.74, 6) is -0.593. The van der Waals surface area contributed by atoms with Crippen molar-refractivity contribution in [1.29, 1.82) is 0 Å². The number of hydrogen-bond acceptors (Lipinski definition) is 3. The highest BCUT2D eigenvalue weighted by molar-refractivity contribution is 6.30. The molecule has 0 aromatic rings. The molecule has 1 aliphatic carbocycles. The van der Waals surface area contributed by atoms with Crippen molar-refractivity contribution < 1.29 is 24.2 Å². The molecule has 0 heterocycles. The van der Waals surface area contributed by atoms with Crippen molar-refractivity contribution in [2.24, 2.45) is 0 Å². The summed E-state index contributed by atoms with van der Waals surface area (Å²) in [7, 11) is 0. The topological polar surface area (TPSA) is 112 Å². The molecule has 1 saturated carbocycles. The summed E-state index contributed by atoms with van der Waals surface area (Å²) < 4.78 is 5.79. The predicted octanol–water partition coefficient (Wildman–Crippen LogP) is 1.23. The van der Waals surface area contributed by atoms with Gasteiger partial charge in [-0.25, -0.2) is 4.79 Å². The summed E-state index contributed by atoms with van der Waals surface area (Å²) in [6.45, 7) is 5.50. The minimum Gasteiger partial charge on any atom is -0.465 e. The fourth-order valence-corrected chi connectivity index (χ4v) is 2.40. The maximum atomic E-state index is 12.1. The number of carbonyl (C=O) groups is 2. The van der Waals surface area contributed by atoms with Gasteiger partial charge in [-0.3, -0.25) is 4.79 Å². The lowest BCUT2D eigenvalue weighted by atomic mass is 9.89. The summed E-state index contributed by atoms with van der Waals surface area (Å²) >= 11 is 0. The van der Waals surface area contributed by atoms with Crippen LogP contribution in [0.25, 0.3) is 5.53 Å². The summed E-state index contributed by atoms with van der Waals surface area (Å²) in [4.78, 5) is 25.7. The van der Waals surface area contributed by atoms with E-state index in [0.29, 0.717) is 19.3 Å². The van der Waals surface area contributed by atoms with E-state index in [1.165, 1.54) is 0 Å². The van der Waals surface area contributed by atoms with Crippen LogP contribution in [0.4, 0.5) is 4.79 Å². The third-order valence-electron chi connectivity index (χ3n) is 3.03. The highest BCUT2D eigenvalue weighted by Crippen LogP contribution is 2.35. The average Bonchev–Trinajstić information content (AvgIpc) is 2.59. The fraction of sp³-hybridized carbons (Fsp3) is 0.750. The molecule has 106 valence electrons. The molecule has 1 rings (SSSR count). The Labute approximate surface area is 111 Å². The van der Waals surface area contributed by atoms with Crippen LogP contribution >= 0.6 is 0 Å². The molecular formula is C12H19N3O4. The Bertz CT molecular complexity index is 423. The monoisotopic (exact) mass is 269 g/mol. The Kier molecular flexibility index (Phi) is 4.44. The second kappa shape index (κ2) is 5.50. The molecule has 2 N–H and O–H groups in total. The number of hydrogen-bond donors (Lipinski definition) is 2. The second-order valence-electron chi connectivity index (χ2n) is 5.62. The fourth-order valence-electron chi connectivity index (χ4n) is 2.40. The van der Waals surface area contributed by atoms with E-state index in [1.54, 1.807) is 0 Å². The summed E-state index contributed by atoms with van der Waals surface area (Å²) in [6, 6.07) is 0. The van der Waals surface area contributed by atoms with Gasteiger partial charge in [-0.15, -0.1) is 0 Å². The molecule has 0 bridgehead atoms. The average molecular weight is 269 g/mol. The van der Waals surface area contributed by atoms with Crippen LogP contribution in [0, 0.1) is 0 Å². The Morgan fingerprint density at radius 2 is 2.16 bits per heavy atom. The number of carbonyl (C=O) groups excluding carboxylic acids is 1. The zero-order valence-electron chi connectivity index (χ0n) is 11.3. The van der Waals surface area contributed by atoms with E-state index in [1.807, 2.05) is 20.8 Å². The van der Waals surface area contributed by atoms with Gasteiger partial charge in [0.15, 0.2) is 0 Å². The number of amides is 1. The molecular weight excluding hydrogens is 250 g/mol. The molecule has 2 atom stereocenters. The third-order valence-corrected chi connectivity index (χ3v) is 3.03. The first-order valence-electron chi connectivity index (χ1n) is 6.12. The molecule has 7 heteroatoms. The number of Topliss-reactive ketones (excluding diaryl/α,β-unsaturated/α-hetero) is 1. The molecule has 0 aromatic carbocycles. The molecule has 1 amide bonds. The predicted molar refractivity (Wildman–Crippen MR) is 67.1 cm³/mol. The smallest absolute Gasteiger partial charge is 0.405 e. The maximum absolute atomic E-state index is 12.1. The number of nitrogens with one attached hydrogen (secondary N) is 1. The van der Waals surface area contributed by atoms with Crippen molar-refractivity contribution in [3.8, 4) is 0 Å². The molecule has 1 aliphatic rings. The van der Waals surface area contributed by atoms with E-state index in [0.717, 1.165) is 6.21 Å². The first-order valence-corrected chi connectivity index (χ1v) is 6.12. The minimum atomic E-state index is -1.37. The zero-order valence-corrected chi connectivity index (χ0v) is 11.3. The molecule has 0 aromatic heterocycles. The Morgan fingerprint density at radius 1 is 1.53 bits per heavy atom. The van der Waals surface area contributed by atoms with Crippen LogP contribution < -0.4 is 5.32 Å². The van der Waals surface area contributed by atoms with E-state index in [4.69, 9.17) is 15.4 Å². The van der Waals surface area contributed by atoms with Crippen molar-refractivity contribution in [3.05, 3.63) is 5.53 Å². The number of nitrogens with zero attached hydrogens (tertiary/aromatic N) is 2. The molecule has 0 unspecified atom stereocenters. The lowest BCUT2D eigenvalue weighted by molar-refractivity contribution is -0.134. The third kappa shape index (κ3) is 3.62. The molecule has 0 radical (unpaired) electrons. The van der Waals surface area contributed by atoms with Gasteiger partial charge >= 0.3 is 12.3 Å². The van der Waals surface area contributed by atoms with Gasteiger partial charge in [0.25, 0.3) is 5.78 Å². The zero-order chi connectivity index (χ0) is 14.7. The van der Waals surface area contributed by atoms with E-state index in [-0.39, 0.29) is 0 Å². The van der Waals surface area contributed by atoms with E-state index in [2.05, 4.69) is 10.1 Å². The molecule has 0 saturated heterocycles. The lowest BCUT2D eigenvalue weighted by Crippen LogP contribution is -2.61. The first-order chi connectivity index (χ1) is 8.71. The van der Waals surface area contributed by atoms with Crippen molar-refractivity contribution in [2.75, 3.05) is 0 Å². The number of ether oxygens (including phenoxy) is 1. The van der Waals surface area contributed by atoms with E-state index in [9.17, 15) is 9.59 Å². The summed E-state index contributed by atoms with van der Waals surface area (Å²) in [6.07, 6.45) is 0.401.